The van der Waals surface area contributed by atoms with Gasteiger partial charge in [-0.05, 0) is 0 Å². The van der Waals surface area contributed by atoms with Crippen LogP contribution in [0.2, 0.25) is 0 Å². The molecule has 0 aromatic heterocycles. The first-order valence-corrected chi connectivity index (χ1v) is 33.9. The zero-order chi connectivity index (χ0) is 34.8. The molecule has 44 heavy (non-hydrogen) atoms. The number of hydrogen-bond acceptors (Lipinski definition) is 16. The van der Waals surface area contributed by atoms with Crippen LogP contribution < -0.4 is 26.4 Å². The summed E-state index contributed by atoms with van der Waals surface area (Å²) in [5.74, 6) is 0. The summed E-state index contributed by atoms with van der Waals surface area (Å²) < 4.78 is 14.6. The van der Waals surface area contributed by atoms with Crippen molar-refractivity contribution in [3.63, 3.8) is 0 Å². The maximum absolute atomic E-state index is 9.90. The summed E-state index contributed by atoms with van der Waals surface area (Å²) in [6.07, 6.45) is 3.31. The Labute approximate surface area is 284 Å². The topological polar surface area (TPSA) is 395 Å². The second-order valence-electron chi connectivity index (χ2n) is 6.55. The van der Waals surface area contributed by atoms with E-state index in [2.05, 4.69) is 26.4 Å². The molecule has 16 N–H and O–H groups in total. The zero-order valence-corrected chi connectivity index (χ0v) is 37.0. The predicted octanol–water partition coefficient (Wildman–Crippen LogP) is -11.1. The molecule has 0 heterocycles. The molecular formula is C16H36Hf4N8O16. The second kappa shape index (κ2) is 38.1. The van der Waals surface area contributed by atoms with Crippen LogP contribution in [-0.2, 0) is 126 Å². The van der Waals surface area contributed by atoms with Gasteiger partial charge in [0.1, 0.15) is 0 Å². The van der Waals surface area contributed by atoms with Crippen molar-refractivity contribution in [3.05, 3.63) is 0 Å². The number of aliphatic hydroxyl groups is 8. The molecule has 24 nitrogen and oxygen atoms in total. The third-order valence-corrected chi connectivity index (χ3v) is 28.3. The van der Waals surface area contributed by atoms with Crippen LogP contribution in [0.1, 0.15) is 0 Å². The van der Waals surface area contributed by atoms with Crippen molar-refractivity contribution in [2.24, 2.45) is 0 Å². The molecule has 0 aromatic carbocycles. The van der Waals surface area contributed by atoms with Gasteiger partial charge in [-0.3, -0.25) is 0 Å². The number of amides is 8. The molecule has 0 saturated heterocycles. The third-order valence-electron chi connectivity index (χ3n) is 3.74. The van der Waals surface area contributed by atoms with E-state index in [9.17, 15) is 38.4 Å². The van der Waals surface area contributed by atoms with Crippen LogP contribution in [0.25, 0.3) is 0 Å². The third kappa shape index (κ3) is 29.6. The molecule has 0 fully saturated rings. The molecule has 0 aromatic rings. The Kier molecular flexibility index (Phi) is 43.1. The first kappa shape index (κ1) is 49.8. The van der Waals surface area contributed by atoms with Crippen molar-refractivity contribution < 1.29 is 167 Å². The molecule has 0 aliphatic heterocycles. The van der Waals surface area contributed by atoms with Crippen molar-refractivity contribution in [2.75, 3.05) is 26.4 Å². The van der Waals surface area contributed by atoms with E-state index in [-0.39, 0.29) is 0 Å². The maximum atomic E-state index is 9.90. The average Bonchev–Trinajstić information content (AvgIpc) is 3.03. The van der Waals surface area contributed by atoms with E-state index in [1.54, 1.807) is 0 Å². The van der Waals surface area contributed by atoms with Crippen LogP contribution in [0.5, 0.6) is 0 Å². The van der Waals surface area contributed by atoms with Crippen LogP contribution >= 0.6 is 0 Å². The number of rotatable bonds is 24. The van der Waals surface area contributed by atoms with Crippen LogP contribution in [-0.4, -0.2) is 134 Å². The Bertz CT molecular complexity index is 613. The SMILES string of the molecule is O=C[NH][Hf]([NH]C=O)[CH](O)CO.O=C[NH][Hf]([NH]C=O)[CH](O)CO.O=C[NH][Hf]([NH]C=O)[CH](O)CO.O=C[NH][Hf]([NH]C=O)[CH](O)CO. The molecule has 0 radical (unpaired) electrons. The van der Waals surface area contributed by atoms with Gasteiger partial charge in [0.2, 0.25) is 0 Å². The molecule has 0 aliphatic carbocycles. The summed E-state index contributed by atoms with van der Waals surface area (Å²) in [5.41, 5.74) is 0. The molecule has 4 unspecified atom stereocenters. The summed E-state index contributed by atoms with van der Waals surface area (Å²) in [5, 5.41) is 69.7. The van der Waals surface area contributed by atoms with E-state index in [1.807, 2.05) is 0 Å². The number of hydrogen-bond donors (Lipinski definition) is 16. The summed E-state index contributed by atoms with van der Waals surface area (Å²) in [7, 11) is 0. The number of aliphatic hydroxyl groups excluding tert-OH is 8. The normalized spacial score (nSPS) is 11.5. The molecule has 0 bridgehead atoms. The molecule has 8 amide bonds. The predicted molar refractivity (Wildman–Crippen MR) is 126 cm³/mol. The van der Waals surface area contributed by atoms with Gasteiger partial charge in [0.05, 0.1) is 0 Å². The fourth-order valence-corrected chi connectivity index (χ4v) is 14.8. The van der Waals surface area contributed by atoms with Gasteiger partial charge in [-0.2, -0.15) is 0 Å². The van der Waals surface area contributed by atoms with Gasteiger partial charge in [-0.25, -0.2) is 0 Å². The van der Waals surface area contributed by atoms with Crippen molar-refractivity contribution in [1.82, 2.24) is 26.4 Å². The Morgan fingerprint density at radius 1 is 0.341 bits per heavy atom. The van der Waals surface area contributed by atoms with Gasteiger partial charge in [0, 0.05) is 0 Å². The molecular weight excluding hydrogens is 1270 g/mol. The van der Waals surface area contributed by atoms with Crippen molar-refractivity contribution in [1.29, 1.82) is 0 Å². The van der Waals surface area contributed by atoms with Crippen LogP contribution in [0, 0.1) is 0 Å². The molecule has 28 heteroatoms. The van der Waals surface area contributed by atoms with E-state index in [0.717, 1.165) is 0 Å². The summed E-state index contributed by atoms with van der Waals surface area (Å²) in [6.45, 7) is -1.76. The van der Waals surface area contributed by atoms with Crippen molar-refractivity contribution in [3.8, 4) is 0 Å². The second-order valence-corrected chi connectivity index (χ2v) is 36.3. The fraction of sp³-hybridized carbons (Fsp3) is 0.500. The van der Waals surface area contributed by atoms with Gasteiger partial charge in [0.15, 0.2) is 0 Å². The van der Waals surface area contributed by atoms with E-state index in [0.29, 0.717) is 51.3 Å². The Balaban J connectivity index is -0.000000242. The molecule has 0 rings (SSSR count). The quantitative estimate of drug-likeness (QED) is 0.0315. The van der Waals surface area contributed by atoms with Gasteiger partial charge in [-0.1, -0.05) is 0 Å². The van der Waals surface area contributed by atoms with Gasteiger partial charge >= 0.3 is 287 Å². The minimum atomic E-state index is -2.96. The molecule has 252 valence electrons. The molecule has 4 atom stereocenters. The van der Waals surface area contributed by atoms with Crippen molar-refractivity contribution in [2.45, 2.75) is 15.4 Å². The zero-order valence-electron chi connectivity index (χ0n) is 22.6. The number of nitrogens with one attached hydrogen (secondary N) is 8. The van der Waals surface area contributed by atoms with Crippen LogP contribution in [0.3, 0.4) is 0 Å². The van der Waals surface area contributed by atoms with E-state index in [1.165, 1.54) is 0 Å². The Hall–Kier alpha value is -1.08. The average molecular weight is 1310 g/mol. The minimum absolute atomic E-state index is 0.414. The number of carbonyl (C=O) groups is 8. The monoisotopic (exact) mass is 1320 g/mol. The Morgan fingerprint density at radius 3 is 0.523 bits per heavy atom. The molecule has 0 saturated carbocycles. The molecule has 0 aliphatic rings. The van der Waals surface area contributed by atoms with Crippen LogP contribution in [0.15, 0.2) is 0 Å². The summed E-state index contributed by atoms with van der Waals surface area (Å²) in [4.78, 5) is 79.2. The van der Waals surface area contributed by atoms with Gasteiger partial charge in [0.25, 0.3) is 0 Å². The summed E-state index contributed by atoms with van der Waals surface area (Å²) >= 11 is -11.9. The van der Waals surface area contributed by atoms with Crippen molar-refractivity contribution >= 4 is 51.3 Å². The van der Waals surface area contributed by atoms with Gasteiger partial charge in [-0.15, -0.1) is 0 Å². The fourth-order valence-electron chi connectivity index (χ4n) is 1.81. The molecule has 0 spiro atoms. The number of carbonyl (C=O) groups excluding carboxylic acids is 8. The van der Waals surface area contributed by atoms with E-state index < -0.39 is 130 Å². The Morgan fingerprint density at radius 2 is 0.455 bits per heavy atom. The van der Waals surface area contributed by atoms with E-state index in [4.69, 9.17) is 40.9 Å². The first-order chi connectivity index (χ1) is 21.0. The summed E-state index contributed by atoms with van der Waals surface area (Å²) in [6, 6.07) is 0. The standard InChI is InChI=1S/4C2H5O2.8CH3NO.4Hf/c4*3-1-2-4;8*2-1-3;;;;/h4*1,3-4H,2H2;8*1H,(H2,2,3);;;;/q;;;;;;;;;;;;4*+2/p-8. The first-order valence-electron chi connectivity index (χ1n) is 11.3. The van der Waals surface area contributed by atoms with Gasteiger partial charge < -0.3 is 0 Å². The van der Waals surface area contributed by atoms with E-state index >= 15 is 0 Å². The van der Waals surface area contributed by atoms with Crippen LogP contribution in [0.4, 0.5) is 0 Å².